The Morgan fingerprint density at radius 2 is 1.00 bits per heavy atom. The van der Waals surface area contributed by atoms with Crippen molar-refractivity contribution in [2.24, 2.45) is 0 Å². The van der Waals surface area contributed by atoms with E-state index in [1.807, 2.05) is 0 Å². The molecule has 146 valence electrons. The van der Waals surface area contributed by atoms with Crippen LogP contribution in [0.4, 0.5) is 0 Å². The lowest BCUT2D eigenvalue weighted by Gasteiger charge is -2.04. The first-order valence-electron chi connectivity index (χ1n) is 6.50. The lowest BCUT2D eigenvalue weighted by atomic mass is 10.2. The van der Waals surface area contributed by atoms with Gasteiger partial charge in [-0.2, -0.15) is 75.8 Å². The van der Waals surface area contributed by atoms with E-state index >= 15 is 0 Å². The highest BCUT2D eigenvalue weighted by molar-refractivity contribution is 7.84. The predicted molar refractivity (Wildman–Crippen MR) is 119 cm³/mol. The molecule has 0 aliphatic rings. The molecule has 0 aromatic carbocycles. The normalized spacial score (nSPS) is 9.75. The van der Waals surface area contributed by atoms with E-state index in [9.17, 15) is 14.4 Å². The van der Waals surface area contributed by atoms with Gasteiger partial charge in [-0.25, -0.2) is 0 Å². The number of thiol groups is 6. The number of carbonyl (C=O) groups is 3. The Balaban J connectivity index is -0.000000116. The van der Waals surface area contributed by atoms with E-state index < -0.39 is 17.9 Å². The summed E-state index contributed by atoms with van der Waals surface area (Å²) in [6.07, 6.45) is 3.61. The average Bonchev–Trinajstić information content (AvgIpc) is 2.56. The minimum Gasteiger partial charge on any atom is -0.481 e. The van der Waals surface area contributed by atoms with Crippen LogP contribution in [0.2, 0.25) is 0 Å². The predicted octanol–water partition coefficient (Wildman–Crippen LogP) is 2.32. The molecule has 0 bridgehead atoms. The molecule has 0 fully saturated rings. The number of carboxylic acid groups (broad SMARTS) is 3. The van der Waals surface area contributed by atoms with Gasteiger partial charge in [-0.15, -0.1) is 0 Å². The molecule has 3 N–H and O–H groups in total. The van der Waals surface area contributed by atoms with E-state index in [0.717, 1.165) is 11.5 Å². The highest BCUT2D eigenvalue weighted by Gasteiger charge is 1.97. The molecule has 0 aliphatic carbocycles. The minimum atomic E-state index is -0.881. The van der Waals surface area contributed by atoms with Crippen LogP contribution >= 0.6 is 75.8 Å². The molecule has 0 aromatic rings. The van der Waals surface area contributed by atoms with Crippen LogP contribution in [0.1, 0.15) is 19.3 Å². The lowest BCUT2D eigenvalue weighted by Crippen LogP contribution is -1.99. The van der Waals surface area contributed by atoms with E-state index in [0.29, 0.717) is 5.25 Å². The molecule has 0 amide bonds. The monoisotopic (exact) mass is 458 g/mol. The number of rotatable bonds is 8. The maximum atomic E-state index is 9.29. The van der Waals surface area contributed by atoms with Gasteiger partial charge in [-0.1, -0.05) is 6.42 Å². The van der Waals surface area contributed by atoms with Gasteiger partial charge in [-0.05, 0) is 18.6 Å². The molecule has 0 heterocycles. The van der Waals surface area contributed by atoms with Gasteiger partial charge in [0.2, 0.25) is 0 Å². The third kappa shape index (κ3) is 57.1. The van der Waals surface area contributed by atoms with Crippen LogP contribution in [-0.4, -0.2) is 67.2 Å². The number of aliphatic carboxylic acids is 3. The maximum Gasteiger partial charge on any atom is 0.313 e. The second-order valence-corrected chi connectivity index (χ2v) is 6.20. The second kappa shape index (κ2) is 28.3. The van der Waals surface area contributed by atoms with Crippen LogP contribution in [-0.2, 0) is 14.4 Å². The van der Waals surface area contributed by atoms with Gasteiger partial charge in [0.05, 0.1) is 17.3 Å². The molecule has 6 nitrogen and oxygen atoms in total. The van der Waals surface area contributed by atoms with Gasteiger partial charge in [-0.3, -0.25) is 14.4 Å². The summed E-state index contributed by atoms with van der Waals surface area (Å²) in [5.74, 6) is -1.02. The van der Waals surface area contributed by atoms with Gasteiger partial charge < -0.3 is 15.3 Å². The first-order chi connectivity index (χ1) is 11.1. The summed E-state index contributed by atoms with van der Waals surface area (Å²) in [4.78, 5) is 27.9. The van der Waals surface area contributed by atoms with Crippen LogP contribution in [0.15, 0.2) is 0 Å². The van der Waals surface area contributed by atoms with Crippen molar-refractivity contribution in [3.63, 3.8) is 0 Å². The van der Waals surface area contributed by atoms with Crippen molar-refractivity contribution in [3.8, 4) is 0 Å². The Morgan fingerprint density at radius 1 is 0.708 bits per heavy atom. The van der Waals surface area contributed by atoms with E-state index in [1.54, 1.807) is 0 Å². The molecule has 0 aliphatic heterocycles. The first-order valence-corrected chi connectivity index (χ1v) is 10.2. The molecule has 1 atom stereocenters. The van der Waals surface area contributed by atoms with Crippen molar-refractivity contribution in [2.75, 3.05) is 28.8 Å². The summed E-state index contributed by atoms with van der Waals surface area (Å²) in [6, 6.07) is 0. The second-order valence-electron chi connectivity index (χ2n) is 3.71. The molecule has 0 rings (SSSR count). The summed E-state index contributed by atoms with van der Waals surface area (Å²) >= 11 is 22.8. The van der Waals surface area contributed by atoms with Crippen LogP contribution in [0.3, 0.4) is 0 Å². The van der Waals surface area contributed by atoms with Crippen LogP contribution in [0.25, 0.3) is 0 Å². The maximum absolute atomic E-state index is 9.29. The fourth-order valence-corrected chi connectivity index (χ4v) is 1.17. The van der Waals surface area contributed by atoms with Crippen LogP contribution < -0.4 is 0 Å². The number of carboxylic acids is 3. The van der Waals surface area contributed by atoms with E-state index in [4.69, 9.17) is 15.3 Å². The molecular weight excluding hydrogens is 433 g/mol. The van der Waals surface area contributed by atoms with E-state index in [2.05, 4.69) is 75.8 Å². The summed E-state index contributed by atoms with van der Waals surface area (Å²) in [7, 11) is 0. The largest absolute Gasteiger partial charge is 0.481 e. The fraction of sp³-hybridized carbons (Fsp3) is 0.750. The highest BCUT2D eigenvalue weighted by atomic mass is 32.1. The quantitative estimate of drug-likeness (QED) is 0.204. The summed E-state index contributed by atoms with van der Waals surface area (Å²) < 4.78 is 0. The fourth-order valence-electron chi connectivity index (χ4n) is 0.583. The number of hydrogen-bond donors (Lipinski definition) is 9. The molecule has 0 spiro atoms. The standard InChI is InChI=1S/C6H14S3.3C2H4O2S/c7-4-2-1-3-6(9)5-8;3*3-2(4)1-5/h6-9H,1-5H2;3*5H,1H2,(H,3,4). The molecular formula is C12H26O6S6. The van der Waals surface area contributed by atoms with Crippen molar-refractivity contribution < 1.29 is 29.7 Å². The molecule has 0 radical (unpaired) electrons. The zero-order chi connectivity index (χ0) is 20.0. The topological polar surface area (TPSA) is 112 Å². The van der Waals surface area contributed by atoms with Gasteiger partial charge in [0.25, 0.3) is 0 Å². The van der Waals surface area contributed by atoms with E-state index in [1.165, 1.54) is 19.3 Å². The molecule has 0 saturated heterocycles. The van der Waals surface area contributed by atoms with Crippen molar-refractivity contribution in [1.82, 2.24) is 0 Å². The Morgan fingerprint density at radius 3 is 1.17 bits per heavy atom. The van der Waals surface area contributed by atoms with E-state index in [-0.39, 0.29) is 17.3 Å². The lowest BCUT2D eigenvalue weighted by molar-refractivity contribution is -0.134. The van der Waals surface area contributed by atoms with Gasteiger partial charge in [0, 0.05) is 11.0 Å². The van der Waals surface area contributed by atoms with Crippen LogP contribution in [0.5, 0.6) is 0 Å². The Hall–Kier alpha value is 0.510. The number of unbranched alkanes of at least 4 members (excludes halogenated alkanes) is 1. The summed E-state index contributed by atoms with van der Waals surface area (Å²) in [5, 5.41) is 23.4. The molecule has 24 heavy (non-hydrogen) atoms. The summed E-state index contributed by atoms with van der Waals surface area (Å²) in [5.41, 5.74) is 0. The van der Waals surface area contributed by atoms with Gasteiger partial charge >= 0.3 is 17.9 Å². The van der Waals surface area contributed by atoms with Gasteiger partial charge in [0.15, 0.2) is 0 Å². The van der Waals surface area contributed by atoms with Crippen molar-refractivity contribution in [1.29, 1.82) is 0 Å². The zero-order valence-corrected chi connectivity index (χ0v) is 18.4. The molecule has 0 aromatic heterocycles. The third-order valence-electron chi connectivity index (χ3n) is 1.56. The Bertz CT molecular complexity index is 272. The average molecular weight is 459 g/mol. The third-order valence-corrected chi connectivity index (χ3v) is 3.86. The Kier molecular flexibility index (Phi) is 38.0. The first kappa shape index (κ1) is 32.2. The highest BCUT2D eigenvalue weighted by Crippen LogP contribution is 2.08. The molecule has 0 saturated carbocycles. The van der Waals surface area contributed by atoms with Crippen molar-refractivity contribution in [2.45, 2.75) is 24.5 Å². The van der Waals surface area contributed by atoms with Gasteiger partial charge in [0.1, 0.15) is 0 Å². The molecule has 1 unspecified atom stereocenters. The summed E-state index contributed by atoms with van der Waals surface area (Å²) in [6.45, 7) is 0. The van der Waals surface area contributed by atoms with Crippen molar-refractivity contribution in [3.05, 3.63) is 0 Å². The smallest absolute Gasteiger partial charge is 0.313 e. The van der Waals surface area contributed by atoms with Crippen molar-refractivity contribution >= 4 is 93.7 Å². The van der Waals surface area contributed by atoms with Crippen LogP contribution in [0, 0.1) is 0 Å². The molecule has 12 heteroatoms. The number of hydrogen-bond acceptors (Lipinski definition) is 9. The Labute approximate surface area is 176 Å². The SMILES string of the molecule is O=C(O)CS.O=C(O)CS.O=C(O)CS.SCCCCC(S)CS. The minimum absolute atomic E-state index is 0.0833. The zero-order valence-electron chi connectivity index (χ0n) is 13.0.